The number of ether oxygens (including phenoxy) is 2. The molecule has 1 aliphatic heterocycles. The van der Waals surface area contributed by atoms with Gasteiger partial charge in [-0.2, -0.15) is 0 Å². The number of hydrogen-bond donors (Lipinski definition) is 0. The van der Waals surface area contributed by atoms with Crippen LogP contribution in [-0.4, -0.2) is 25.3 Å². The molecule has 0 N–H and O–H groups in total. The Kier molecular flexibility index (Phi) is 3.96. The normalized spacial score (nSPS) is 22.1. The van der Waals surface area contributed by atoms with Crippen molar-refractivity contribution in [1.82, 2.24) is 0 Å². The van der Waals surface area contributed by atoms with E-state index >= 15 is 0 Å². The third kappa shape index (κ3) is 4.68. The van der Waals surface area contributed by atoms with Crippen molar-refractivity contribution in [3.8, 4) is 0 Å². The third-order valence-electron chi connectivity index (χ3n) is 2.06. The Morgan fingerprint density at radius 1 is 1.85 bits per heavy atom. The van der Waals surface area contributed by atoms with Crippen molar-refractivity contribution in [3.63, 3.8) is 0 Å². The van der Waals surface area contributed by atoms with Crippen LogP contribution in [0, 0.1) is 5.92 Å². The van der Waals surface area contributed by atoms with Crippen LogP contribution in [-0.2, 0) is 14.3 Å². The van der Waals surface area contributed by atoms with Gasteiger partial charge in [0.15, 0.2) is 0 Å². The second kappa shape index (κ2) is 5.02. The van der Waals surface area contributed by atoms with Gasteiger partial charge in [-0.15, -0.1) is 0 Å². The fourth-order valence-corrected chi connectivity index (χ4v) is 1.07. The molecule has 1 aliphatic rings. The quantitative estimate of drug-likeness (QED) is 0.357. The van der Waals surface area contributed by atoms with Crippen LogP contribution in [0.5, 0.6) is 0 Å². The van der Waals surface area contributed by atoms with Crippen LogP contribution < -0.4 is 0 Å². The summed E-state index contributed by atoms with van der Waals surface area (Å²) in [7, 11) is 0. The SMILES string of the molecule is C=CC(=O)OCC(C)CCC1CO1. The maximum Gasteiger partial charge on any atom is 0.330 e. The van der Waals surface area contributed by atoms with Crippen molar-refractivity contribution < 1.29 is 14.3 Å². The molecule has 0 aromatic heterocycles. The summed E-state index contributed by atoms with van der Waals surface area (Å²) in [6.07, 6.45) is 3.79. The van der Waals surface area contributed by atoms with Crippen molar-refractivity contribution in [2.75, 3.05) is 13.2 Å². The van der Waals surface area contributed by atoms with Gasteiger partial charge < -0.3 is 9.47 Å². The van der Waals surface area contributed by atoms with E-state index in [-0.39, 0.29) is 5.97 Å². The molecule has 0 bridgehead atoms. The van der Waals surface area contributed by atoms with Gasteiger partial charge in [0.1, 0.15) is 0 Å². The second-order valence-corrected chi connectivity index (χ2v) is 3.47. The van der Waals surface area contributed by atoms with Crippen molar-refractivity contribution in [2.45, 2.75) is 25.9 Å². The van der Waals surface area contributed by atoms with E-state index in [0.717, 1.165) is 19.4 Å². The topological polar surface area (TPSA) is 38.8 Å². The van der Waals surface area contributed by atoms with Crippen molar-refractivity contribution in [2.24, 2.45) is 5.92 Å². The highest BCUT2D eigenvalue weighted by atomic mass is 16.6. The predicted octanol–water partition coefficient (Wildman–Crippen LogP) is 1.53. The lowest BCUT2D eigenvalue weighted by Crippen LogP contribution is -2.10. The molecular weight excluding hydrogens is 168 g/mol. The van der Waals surface area contributed by atoms with Gasteiger partial charge in [0.2, 0.25) is 0 Å². The van der Waals surface area contributed by atoms with E-state index in [1.165, 1.54) is 6.08 Å². The van der Waals surface area contributed by atoms with Crippen LogP contribution in [0.1, 0.15) is 19.8 Å². The summed E-state index contributed by atoms with van der Waals surface area (Å²) < 4.78 is 9.99. The van der Waals surface area contributed by atoms with Gasteiger partial charge >= 0.3 is 5.97 Å². The zero-order chi connectivity index (χ0) is 9.68. The Bertz CT molecular complexity index is 185. The Hall–Kier alpha value is -0.830. The van der Waals surface area contributed by atoms with Crippen LogP contribution in [0.4, 0.5) is 0 Å². The van der Waals surface area contributed by atoms with Gasteiger partial charge in [-0.25, -0.2) is 4.79 Å². The summed E-state index contributed by atoms with van der Waals surface area (Å²) >= 11 is 0. The molecule has 0 spiro atoms. The van der Waals surface area contributed by atoms with Gasteiger partial charge in [-0.3, -0.25) is 0 Å². The van der Waals surface area contributed by atoms with E-state index in [1.807, 2.05) is 0 Å². The highest BCUT2D eigenvalue weighted by Crippen LogP contribution is 2.18. The molecule has 3 nitrogen and oxygen atoms in total. The molecule has 0 radical (unpaired) electrons. The molecule has 3 heteroatoms. The molecule has 74 valence electrons. The summed E-state index contributed by atoms with van der Waals surface area (Å²) in [6.45, 7) is 6.78. The molecule has 1 rings (SSSR count). The lowest BCUT2D eigenvalue weighted by Gasteiger charge is -2.09. The average Bonchev–Trinajstić information content (AvgIpc) is 2.94. The first-order valence-corrected chi connectivity index (χ1v) is 4.63. The fourth-order valence-electron chi connectivity index (χ4n) is 1.07. The van der Waals surface area contributed by atoms with Crippen LogP contribution in [0.25, 0.3) is 0 Å². The molecule has 1 saturated heterocycles. The van der Waals surface area contributed by atoms with Gasteiger partial charge in [0, 0.05) is 6.08 Å². The molecule has 0 amide bonds. The Labute approximate surface area is 78.7 Å². The second-order valence-electron chi connectivity index (χ2n) is 3.47. The first-order chi connectivity index (χ1) is 6.22. The molecule has 1 heterocycles. The smallest absolute Gasteiger partial charge is 0.330 e. The Morgan fingerprint density at radius 3 is 3.08 bits per heavy atom. The maximum atomic E-state index is 10.7. The highest BCUT2D eigenvalue weighted by Gasteiger charge is 2.22. The number of esters is 1. The summed E-state index contributed by atoms with van der Waals surface area (Å²) in [5.41, 5.74) is 0. The van der Waals surface area contributed by atoms with E-state index in [2.05, 4.69) is 13.5 Å². The highest BCUT2D eigenvalue weighted by molar-refractivity contribution is 5.81. The minimum absolute atomic E-state index is 0.338. The molecule has 0 aromatic rings. The fraction of sp³-hybridized carbons (Fsp3) is 0.700. The van der Waals surface area contributed by atoms with Gasteiger partial charge in [-0.05, 0) is 18.8 Å². The monoisotopic (exact) mass is 184 g/mol. The molecule has 0 aliphatic carbocycles. The zero-order valence-corrected chi connectivity index (χ0v) is 7.99. The lowest BCUT2D eigenvalue weighted by atomic mass is 10.1. The van der Waals surface area contributed by atoms with Crippen molar-refractivity contribution >= 4 is 5.97 Å². The standard InChI is InChI=1S/C10H16O3/c1-3-10(11)13-6-8(2)4-5-9-7-12-9/h3,8-9H,1,4-7H2,2H3. The minimum atomic E-state index is -0.338. The molecule has 0 aromatic carbocycles. The van der Waals surface area contributed by atoms with Crippen LogP contribution in [0.15, 0.2) is 12.7 Å². The van der Waals surface area contributed by atoms with E-state index < -0.39 is 0 Å². The summed E-state index contributed by atoms with van der Waals surface area (Å²) in [5, 5.41) is 0. The number of carbonyl (C=O) groups is 1. The summed E-state index contributed by atoms with van der Waals surface area (Å²) in [5.74, 6) is 0.0719. The van der Waals surface area contributed by atoms with Gasteiger partial charge in [0.25, 0.3) is 0 Å². The Morgan fingerprint density at radius 2 is 2.54 bits per heavy atom. The molecule has 13 heavy (non-hydrogen) atoms. The molecule has 0 saturated carbocycles. The van der Waals surface area contributed by atoms with Crippen molar-refractivity contribution in [1.29, 1.82) is 0 Å². The largest absolute Gasteiger partial charge is 0.462 e. The number of carbonyl (C=O) groups excluding carboxylic acids is 1. The van der Waals surface area contributed by atoms with Crippen LogP contribution in [0.2, 0.25) is 0 Å². The number of rotatable bonds is 6. The van der Waals surface area contributed by atoms with E-state index in [9.17, 15) is 4.79 Å². The van der Waals surface area contributed by atoms with Gasteiger partial charge in [0.05, 0.1) is 19.3 Å². The zero-order valence-electron chi connectivity index (χ0n) is 7.99. The van der Waals surface area contributed by atoms with E-state index in [0.29, 0.717) is 18.6 Å². The molecule has 1 fully saturated rings. The lowest BCUT2D eigenvalue weighted by molar-refractivity contribution is -0.138. The van der Waals surface area contributed by atoms with Crippen molar-refractivity contribution in [3.05, 3.63) is 12.7 Å². The number of epoxide rings is 1. The van der Waals surface area contributed by atoms with Crippen LogP contribution in [0.3, 0.4) is 0 Å². The summed E-state index contributed by atoms with van der Waals surface area (Å²) in [6, 6.07) is 0. The summed E-state index contributed by atoms with van der Waals surface area (Å²) in [4.78, 5) is 10.7. The minimum Gasteiger partial charge on any atom is -0.462 e. The Balaban J connectivity index is 1.98. The first kappa shape index (κ1) is 10.3. The first-order valence-electron chi connectivity index (χ1n) is 4.63. The molecule has 2 atom stereocenters. The third-order valence-corrected chi connectivity index (χ3v) is 2.06. The van der Waals surface area contributed by atoms with E-state index in [1.54, 1.807) is 0 Å². The average molecular weight is 184 g/mol. The maximum absolute atomic E-state index is 10.7. The van der Waals surface area contributed by atoms with Crippen LogP contribution >= 0.6 is 0 Å². The van der Waals surface area contributed by atoms with Gasteiger partial charge in [-0.1, -0.05) is 13.5 Å². The molecule has 2 unspecified atom stereocenters. The molecular formula is C10H16O3. The number of hydrogen-bond acceptors (Lipinski definition) is 3. The predicted molar refractivity (Wildman–Crippen MR) is 49.3 cm³/mol. The van der Waals surface area contributed by atoms with E-state index in [4.69, 9.17) is 9.47 Å².